The summed E-state index contributed by atoms with van der Waals surface area (Å²) in [6, 6.07) is 0. The van der Waals surface area contributed by atoms with Crippen molar-refractivity contribution in [3.05, 3.63) is 13.5 Å². The molecule has 0 aliphatic carbocycles. The van der Waals surface area contributed by atoms with E-state index in [1.807, 2.05) is 6.54 Å². The Kier molecular flexibility index (Phi) is 2.18. The number of morpholine rings is 1. The number of hydrogen-bond donors (Lipinski definition) is 0. The SMILES string of the molecule is [CH2+][CH-]N1CCOCC1. The lowest BCUT2D eigenvalue weighted by molar-refractivity contribution is 0.0535. The van der Waals surface area contributed by atoms with Gasteiger partial charge in [-0.25, -0.2) is 0 Å². The van der Waals surface area contributed by atoms with E-state index in [-0.39, 0.29) is 0 Å². The van der Waals surface area contributed by atoms with Crippen LogP contribution >= 0.6 is 0 Å². The zero-order valence-electron chi connectivity index (χ0n) is 4.97. The van der Waals surface area contributed by atoms with Gasteiger partial charge in [0.15, 0.2) is 0 Å². The van der Waals surface area contributed by atoms with Crippen molar-refractivity contribution in [2.75, 3.05) is 26.3 Å². The quantitative estimate of drug-likeness (QED) is 0.454. The molecule has 0 aromatic carbocycles. The highest BCUT2D eigenvalue weighted by Gasteiger charge is 2.01. The molecule has 0 radical (unpaired) electrons. The Hall–Kier alpha value is -0.210. The summed E-state index contributed by atoms with van der Waals surface area (Å²) in [5.41, 5.74) is 0. The molecule has 8 heavy (non-hydrogen) atoms. The van der Waals surface area contributed by atoms with Gasteiger partial charge in [-0.1, -0.05) is 13.5 Å². The second-order valence-electron chi connectivity index (χ2n) is 1.83. The molecule has 1 aliphatic heterocycles. The average molecular weight is 113 g/mol. The van der Waals surface area contributed by atoms with Crippen LogP contribution in [-0.2, 0) is 4.74 Å². The van der Waals surface area contributed by atoms with Crippen molar-refractivity contribution in [1.82, 2.24) is 4.90 Å². The van der Waals surface area contributed by atoms with Gasteiger partial charge in [0, 0.05) is 0 Å². The van der Waals surface area contributed by atoms with Crippen LogP contribution < -0.4 is 0 Å². The van der Waals surface area contributed by atoms with Crippen molar-refractivity contribution in [3.8, 4) is 0 Å². The standard InChI is InChI=1S/C6H11NO/c1-2-7-3-5-8-6-4-7/h2H,1,3-6H2. The number of nitrogens with zero attached hydrogens (tertiary/aromatic N) is 1. The summed E-state index contributed by atoms with van der Waals surface area (Å²) in [5.74, 6) is 0. The first-order valence-corrected chi connectivity index (χ1v) is 2.88. The van der Waals surface area contributed by atoms with E-state index in [4.69, 9.17) is 4.74 Å². The molecule has 0 amide bonds. The Morgan fingerprint density at radius 2 is 2.00 bits per heavy atom. The van der Waals surface area contributed by atoms with E-state index < -0.39 is 0 Å². The van der Waals surface area contributed by atoms with Crippen molar-refractivity contribution in [1.29, 1.82) is 0 Å². The summed E-state index contributed by atoms with van der Waals surface area (Å²) in [7, 11) is 0. The van der Waals surface area contributed by atoms with Gasteiger partial charge < -0.3 is 9.64 Å². The Balaban J connectivity index is 2.13. The highest BCUT2D eigenvalue weighted by atomic mass is 16.5. The lowest BCUT2D eigenvalue weighted by Crippen LogP contribution is -2.33. The van der Waals surface area contributed by atoms with Gasteiger partial charge in [0.05, 0.1) is 13.2 Å². The van der Waals surface area contributed by atoms with Gasteiger partial charge >= 0.3 is 0 Å². The van der Waals surface area contributed by atoms with Gasteiger partial charge in [0.25, 0.3) is 0 Å². The van der Waals surface area contributed by atoms with Crippen molar-refractivity contribution >= 4 is 0 Å². The molecule has 0 N–H and O–H groups in total. The van der Waals surface area contributed by atoms with E-state index in [9.17, 15) is 0 Å². The number of hydrogen-bond acceptors (Lipinski definition) is 2. The van der Waals surface area contributed by atoms with Gasteiger partial charge in [0.2, 0.25) is 0 Å². The fourth-order valence-corrected chi connectivity index (χ4v) is 0.760. The molecule has 0 spiro atoms. The van der Waals surface area contributed by atoms with E-state index in [0.29, 0.717) is 0 Å². The van der Waals surface area contributed by atoms with Gasteiger partial charge in [0.1, 0.15) is 0 Å². The molecular formula is C6H11NO. The van der Waals surface area contributed by atoms with Crippen LogP contribution in [0.5, 0.6) is 0 Å². The number of rotatable bonds is 1. The van der Waals surface area contributed by atoms with E-state index in [1.54, 1.807) is 0 Å². The second-order valence-corrected chi connectivity index (χ2v) is 1.83. The molecule has 1 aliphatic rings. The first-order chi connectivity index (χ1) is 3.93. The fraction of sp³-hybridized carbons (Fsp3) is 0.667. The molecule has 0 aromatic rings. The monoisotopic (exact) mass is 113 g/mol. The summed E-state index contributed by atoms with van der Waals surface area (Å²) in [4.78, 5) is 2.16. The van der Waals surface area contributed by atoms with Crippen LogP contribution in [0.4, 0.5) is 0 Å². The molecule has 2 nitrogen and oxygen atoms in total. The van der Waals surface area contributed by atoms with Crippen molar-refractivity contribution in [3.63, 3.8) is 0 Å². The van der Waals surface area contributed by atoms with Crippen molar-refractivity contribution in [2.24, 2.45) is 0 Å². The Labute approximate surface area is 50.4 Å². The van der Waals surface area contributed by atoms with Crippen LogP contribution in [0.15, 0.2) is 0 Å². The number of ether oxygens (including phenoxy) is 1. The fourth-order valence-electron chi connectivity index (χ4n) is 0.760. The normalized spacial score (nSPS) is 23.5. The maximum atomic E-state index is 5.11. The van der Waals surface area contributed by atoms with Crippen LogP contribution in [0, 0.1) is 13.5 Å². The molecule has 2 heteroatoms. The van der Waals surface area contributed by atoms with Crippen LogP contribution in [0.3, 0.4) is 0 Å². The third-order valence-corrected chi connectivity index (χ3v) is 1.30. The molecule has 0 aromatic heterocycles. The highest BCUT2D eigenvalue weighted by molar-refractivity contribution is 4.72. The first-order valence-electron chi connectivity index (χ1n) is 2.88. The predicted octanol–water partition coefficient (Wildman–Crippen LogP) is 0.314. The third kappa shape index (κ3) is 1.39. The smallest absolute Gasteiger partial charge is 0.0571 e. The van der Waals surface area contributed by atoms with Crippen LogP contribution in [0.2, 0.25) is 0 Å². The lowest BCUT2D eigenvalue weighted by atomic mass is 10.4. The molecule has 0 atom stereocenters. The molecule has 1 saturated heterocycles. The van der Waals surface area contributed by atoms with Gasteiger partial charge in [-0.3, -0.25) is 0 Å². The van der Waals surface area contributed by atoms with Crippen molar-refractivity contribution in [2.45, 2.75) is 0 Å². The van der Waals surface area contributed by atoms with Crippen LogP contribution in [-0.4, -0.2) is 31.2 Å². The molecule has 46 valence electrons. The molecular weight excluding hydrogens is 102 g/mol. The largest absolute Gasteiger partial charge is 0.409 e. The Morgan fingerprint density at radius 3 is 2.38 bits per heavy atom. The zero-order chi connectivity index (χ0) is 5.82. The third-order valence-electron chi connectivity index (χ3n) is 1.30. The van der Waals surface area contributed by atoms with Crippen LogP contribution in [0.25, 0.3) is 0 Å². The zero-order valence-corrected chi connectivity index (χ0v) is 4.97. The molecule has 1 fully saturated rings. The average Bonchev–Trinajstić information content (AvgIpc) is 1.90. The predicted molar refractivity (Wildman–Crippen MR) is 32.0 cm³/mol. The molecule has 0 unspecified atom stereocenters. The Bertz CT molecular complexity index is 59.5. The minimum atomic E-state index is 0.853. The highest BCUT2D eigenvalue weighted by Crippen LogP contribution is 1.96. The maximum absolute atomic E-state index is 5.11. The second kappa shape index (κ2) is 2.95. The van der Waals surface area contributed by atoms with Gasteiger partial charge in [-0.2, -0.15) is 0 Å². The molecule has 0 saturated carbocycles. The summed E-state index contributed by atoms with van der Waals surface area (Å²) in [5, 5.41) is 0. The summed E-state index contributed by atoms with van der Waals surface area (Å²) >= 11 is 0. The minimum Gasteiger partial charge on any atom is -0.409 e. The topological polar surface area (TPSA) is 12.5 Å². The van der Waals surface area contributed by atoms with Crippen LogP contribution in [0.1, 0.15) is 0 Å². The maximum Gasteiger partial charge on any atom is 0.0571 e. The van der Waals surface area contributed by atoms with Crippen molar-refractivity contribution < 1.29 is 4.74 Å². The summed E-state index contributed by atoms with van der Waals surface area (Å²) < 4.78 is 5.11. The molecule has 0 bridgehead atoms. The van der Waals surface area contributed by atoms with E-state index in [2.05, 4.69) is 11.8 Å². The summed E-state index contributed by atoms with van der Waals surface area (Å²) in [6.45, 7) is 9.23. The molecule has 1 heterocycles. The lowest BCUT2D eigenvalue weighted by Gasteiger charge is -2.29. The van der Waals surface area contributed by atoms with Gasteiger partial charge in [-0.05, 0) is 13.1 Å². The Morgan fingerprint density at radius 1 is 1.38 bits per heavy atom. The first kappa shape index (κ1) is 5.92. The van der Waals surface area contributed by atoms with Gasteiger partial charge in [-0.15, -0.1) is 0 Å². The van der Waals surface area contributed by atoms with E-state index in [1.165, 1.54) is 0 Å². The molecule has 1 rings (SSSR count). The summed E-state index contributed by atoms with van der Waals surface area (Å²) in [6.07, 6.45) is 0. The minimum absolute atomic E-state index is 0.853. The van der Waals surface area contributed by atoms with E-state index >= 15 is 0 Å². The van der Waals surface area contributed by atoms with E-state index in [0.717, 1.165) is 26.3 Å².